The molecule has 2 aromatic carbocycles. The third kappa shape index (κ3) is 3.28. The number of anilines is 1. The first-order valence-electron chi connectivity index (χ1n) is 10.8. The average Bonchev–Trinajstić information content (AvgIpc) is 2.81. The highest BCUT2D eigenvalue weighted by molar-refractivity contribution is 5.63. The van der Waals surface area contributed by atoms with Crippen molar-refractivity contribution in [3.05, 3.63) is 75.2 Å². The second-order valence-corrected chi connectivity index (χ2v) is 8.42. The number of aryl methyl sites for hydroxylation is 1. The maximum absolute atomic E-state index is 13.2. The Hall–Kier alpha value is -3.48. The molecule has 3 heterocycles. The smallest absolute Gasteiger partial charge is 0.311 e. The Balaban J connectivity index is 1.52. The van der Waals surface area contributed by atoms with Gasteiger partial charge in [-0.15, -0.1) is 0 Å². The van der Waals surface area contributed by atoms with Gasteiger partial charge in [0.05, 0.1) is 33.0 Å². The van der Waals surface area contributed by atoms with E-state index in [1.54, 1.807) is 20.4 Å². The largest absolute Gasteiger partial charge is 0.493 e. The Kier molecular flexibility index (Phi) is 5.04. The molecule has 2 atom stereocenters. The number of hydrogen-bond acceptors (Lipinski definition) is 6. The van der Waals surface area contributed by atoms with E-state index in [-0.39, 0.29) is 17.7 Å². The third-order valence-electron chi connectivity index (χ3n) is 6.41. The van der Waals surface area contributed by atoms with Crippen molar-refractivity contribution in [2.45, 2.75) is 39.0 Å². The maximum Gasteiger partial charge on any atom is 0.311 e. The summed E-state index contributed by atoms with van der Waals surface area (Å²) in [5.74, 6) is 1.79. The highest BCUT2D eigenvalue weighted by Crippen LogP contribution is 2.46. The molecule has 5 rings (SSSR count). The van der Waals surface area contributed by atoms with Crippen LogP contribution in [0, 0.1) is 6.92 Å². The van der Waals surface area contributed by atoms with Gasteiger partial charge in [-0.2, -0.15) is 5.10 Å². The second-order valence-electron chi connectivity index (χ2n) is 8.42. The molecule has 0 amide bonds. The van der Waals surface area contributed by atoms with Crippen LogP contribution in [0.5, 0.6) is 17.2 Å². The van der Waals surface area contributed by atoms with Crippen LogP contribution < -0.4 is 24.7 Å². The highest BCUT2D eigenvalue weighted by Gasteiger charge is 2.40. The van der Waals surface area contributed by atoms with Gasteiger partial charge in [0.2, 0.25) is 5.75 Å². The van der Waals surface area contributed by atoms with Crippen LogP contribution in [0.15, 0.2) is 47.4 Å². The Morgan fingerprint density at radius 1 is 1.12 bits per heavy atom. The molecule has 1 aromatic heterocycles. The first-order chi connectivity index (χ1) is 15.5. The zero-order valence-corrected chi connectivity index (χ0v) is 18.8. The molecule has 2 aliphatic heterocycles. The fourth-order valence-electron chi connectivity index (χ4n) is 4.76. The summed E-state index contributed by atoms with van der Waals surface area (Å²) in [6, 6.07) is 12.2. The lowest BCUT2D eigenvalue weighted by molar-refractivity contribution is 0.160. The molecule has 0 saturated heterocycles. The first kappa shape index (κ1) is 20.4. The summed E-state index contributed by atoms with van der Waals surface area (Å²) in [5.41, 5.74) is 5.10. The predicted octanol–water partition coefficient (Wildman–Crippen LogP) is 3.50. The van der Waals surface area contributed by atoms with Crippen molar-refractivity contribution >= 4 is 5.69 Å². The Labute approximate surface area is 187 Å². The summed E-state index contributed by atoms with van der Waals surface area (Å²) >= 11 is 0. The molecule has 7 nitrogen and oxygen atoms in total. The van der Waals surface area contributed by atoms with Gasteiger partial charge < -0.3 is 19.1 Å². The topological polar surface area (TPSA) is 65.8 Å². The van der Waals surface area contributed by atoms with E-state index in [0.717, 1.165) is 35.5 Å². The van der Waals surface area contributed by atoms with E-state index in [1.807, 2.05) is 50.2 Å². The van der Waals surface area contributed by atoms with Gasteiger partial charge in [0.15, 0.2) is 11.5 Å². The zero-order valence-electron chi connectivity index (χ0n) is 18.8. The van der Waals surface area contributed by atoms with Crippen LogP contribution in [-0.4, -0.2) is 36.6 Å². The molecule has 0 radical (unpaired) electrons. The number of hydrogen-bond donors (Lipinski definition) is 0. The Morgan fingerprint density at radius 3 is 2.56 bits per heavy atom. The number of nitrogens with zero attached hydrogens (tertiary/aromatic N) is 3. The number of fused-ring (bicyclic) bond motifs is 5. The van der Waals surface area contributed by atoms with Gasteiger partial charge >= 0.3 is 5.56 Å². The van der Waals surface area contributed by atoms with E-state index < -0.39 is 0 Å². The molecule has 0 fully saturated rings. The van der Waals surface area contributed by atoms with Crippen molar-refractivity contribution in [1.82, 2.24) is 9.78 Å². The van der Waals surface area contributed by atoms with Crippen LogP contribution in [0.4, 0.5) is 5.69 Å². The van der Waals surface area contributed by atoms with Gasteiger partial charge in [-0.25, -0.2) is 4.68 Å². The molecule has 2 unspecified atom stereocenters. The number of methoxy groups -OCH3 is 2. The standard InChI is InChI=1S/C25H27N3O4/c1-15-5-7-17(8-6-15)14-28-25(29)24-20(13-26-28)27-10-9-18-11-21(30-3)22(31-4)12-19(18)23(27)16(2)32-24/h5-8,11-13,16,23H,9-10,14H2,1-4H3. The van der Waals surface area contributed by atoms with Crippen molar-refractivity contribution < 1.29 is 14.2 Å². The highest BCUT2D eigenvalue weighted by atomic mass is 16.5. The summed E-state index contributed by atoms with van der Waals surface area (Å²) in [4.78, 5) is 15.5. The molecule has 0 bridgehead atoms. The summed E-state index contributed by atoms with van der Waals surface area (Å²) in [5, 5.41) is 4.48. The monoisotopic (exact) mass is 433 g/mol. The van der Waals surface area contributed by atoms with Crippen molar-refractivity contribution in [2.75, 3.05) is 25.7 Å². The van der Waals surface area contributed by atoms with Gasteiger partial charge in [0.1, 0.15) is 11.8 Å². The van der Waals surface area contributed by atoms with Crippen LogP contribution >= 0.6 is 0 Å². The van der Waals surface area contributed by atoms with Crippen molar-refractivity contribution in [1.29, 1.82) is 0 Å². The van der Waals surface area contributed by atoms with Crippen LogP contribution in [0.3, 0.4) is 0 Å². The quantitative estimate of drug-likeness (QED) is 0.628. The van der Waals surface area contributed by atoms with Gasteiger partial charge in [0, 0.05) is 6.54 Å². The number of ether oxygens (including phenoxy) is 3. The van der Waals surface area contributed by atoms with E-state index in [2.05, 4.69) is 10.00 Å². The molecular formula is C25H27N3O4. The van der Waals surface area contributed by atoms with Crippen LogP contribution in [0.2, 0.25) is 0 Å². The average molecular weight is 434 g/mol. The molecule has 166 valence electrons. The minimum absolute atomic E-state index is 0.0276. The molecule has 0 N–H and O–H groups in total. The van der Waals surface area contributed by atoms with Crippen LogP contribution in [0.1, 0.15) is 35.2 Å². The number of rotatable bonds is 4. The second kappa shape index (κ2) is 7.89. The summed E-state index contributed by atoms with van der Waals surface area (Å²) < 4.78 is 18.7. The van der Waals surface area contributed by atoms with E-state index in [4.69, 9.17) is 14.2 Å². The summed E-state index contributed by atoms with van der Waals surface area (Å²) in [6.07, 6.45) is 2.39. The van der Waals surface area contributed by atoms with E-state index in [0.29, 0.717) is 18.0 Å². The fraction of sp³-hybridized carbons (Fsp3) is 0.360. The maximum atomic E-state index is 13.2. The normalized spacial score (nSPS) is 18.8. The molecule has 32 heavy (non-hydrogen) atoms. The molecule has 0 saturated carbocycles. The van der Waals surface area contributed by atoms with Gasteiger partial charge in [-0.05, 0) is 49.1 Å². The van der Waals surface area contributed by atoms with Gasteiger partial charge in [-0.3, -0.25) is 4.79 Å². The lowest BCUT2D eigenvalue weighted by atomic mass is 9.88. The first-order valence-corrected chi connectivity index (χ1v) is 10.8. The van der Waals surface area contributed by atoms with E-state index in [9.17, 15) is 4.79 Å². The minimum atomic E-state index is -0.206. The summed E-state index contributed by atoms with van der Waals surface area (Å²) in [7, 11) is 3.29. The fourth-order valence-corrected chi connectivity index (χ4v) is 4.76. The number of benzene rings is 2. The van der Waals surface area contributed by atoms with Gasteiger partial charge in [0.25, 0.3) is 0 Å². The molecule has 7 heteroatoms. The molecule has 2 aliphatic rings. The van der Waals surface area contributed by atoms with E-state index >= 15 is 0 Å². The Morgan fingerprint density at radius 2 is 1.84 bits per heavy atom. The van der Waals surface area contributed by atoms with Crippen molar-refractivity contribution in [3.8, 4) is 17.2 Å². The van der Waals surface area contributed by atoms with Gasteiger partial charge in [-0.1, -0.05) is 29.8 Å². The minimum Gasteiger partial charge on any atom is -0.493 e. The van der Waals surface area contributed by atoms with E-state index in [1.165, 1.54) is 15.8 Å². The molecular weight excluding hydrogens is 406 g/mol. The molecule has 0 spiro atoms. The summed E-state index contributed by atoms with van der Waals surface area (Å²) in [6.45, 7) is 5.24. The van der Waals surface area contributed by atoms with Crippen molar-refractivity contribution in [2.24, 2.45) is 0 Å². The third-order valence-corrected chi connectivity index (χ3v) is 6.41. The zero-order chi connectivity index (χ0) is 22.4. The van der Waals surface area contributed by atoms with Crippen LogP contribution in [0.25, 0.3) is 0 Å². The molecule has 3 aromatic rings. The molecule has 0 aliphatic carbocycles. The van der Waals surface area contributed by atoms with Crippen molar-refractivity contribution in [3.63, 3.8) is 0 Å². The van der Waals surface area contributed by atoms with Crippen LogP contribution in [-0.2, 0) is 13.0 Å². The lowest BCUT2D eigenvalue weighted by Gasteiger charge is -2.45. The lowest BCUT2D eigenvalue weighted by Crippen LogP contribution is -2.48. The predicted molar refractivity (Wildman–Crippen MR) is 122 cm³/mol. The Bertz CT molecular complexity index is 1220. The SMILES string of the molecule is COc1cc2c(cc1OC)C1C(C)Oc3c(cnn(Cc4ccc(C)cc4)c3=O)N1CC2. The number of aromatic nitrogens is 2.